The van der Waals surface area contributed by atoms with Gasteiger partial charge >= 0.3 is 0 Å². The average Bonchev–Trinajstić information content (AvgIpc) is 2.80. The third kappa shape index (κ3) is 3.38. The number of hydrogen-bond donors (Lipinski definition) is 1. The number of hydrogen-bond acceptors (Lipinski definition) is 4. The van der Waals surface area contributed by atoms with Crippen LogP contribution >= 0.6 is 0 Å². The second-order valence-corrected chi connectivity index (χ2v) is 5.74. The quantitative estimate of drug-likeness (QED) is 0.879. The number of nitrogens with one attached hydrogen (secondary N) is 1. The van der Waals surface area contributed by atoms with Gasteiger partial charge in [0, 0.05) is 30.8 Å². The molecule has 0 saturated carbocycles. The molecule has 0 spiro atoms. The summed E-state index contributed by atoms with van der Waals surface area (Å²) in [5.74, 6) is 0.776. The van der Waals surface area contributed by atoms with Crippen LogP contribution in [0, 0.1) is 5.95 Å². The number of carbonyl (C=O) groups is 1. The van der Waals surface area contributed by atoms with E-state index in [1.54, 1.807) is 0 Å². The fourth-order valence-corrected chi connectivity index (χ4v) is 2.90. The van der Waals surface area contributed by atoms with E-state index in [-0.39, 0.29) is 17.5 Å². The largest absolute Gasteiger partial charge is 0.342 e. The van der Waals surface area contributed by atoms with Gasteiger partial charge in [0.1, 0.15) is 5.82 Å². The second-order valence-electron chi connectivity index (χ2n) is 5.74. The summed E-state index contributed by atoms with van der Waals surface area (Å²) >= 11 is 0. The van der Waals surface area contributed by atoms with Crippen molar-refractivity contribution in [2.75, 3.05) is 0 Å². The average molecular weight is 317 g/mol. The number of aryl methyl sites for hydroxylation is 1. The van der Waals surface area contributed by atoms with Crippen LogP contribution in [0.3, 0.4) is 0 Å². The minimum atomic E-state index is -0.665. The van der Waals surface area contributed by atoms with Gasteiger partial charge in [0.25, 0.3) is 5.91 Å². The summed E-state index contributed by atoms with van der Waals surface area (Å²) in [7, 11) is 0. The van der Waals surface area contributed by atoms with Crippen LogP contribution in [0.25, 0.3) is 0 Å². The Morgan fingerprint density at radius 2 is 2.26 bits per heavy atom. The van der Waals surface area contributed by atoms with Gasteiger partial charge in [-0.25, -0.2) is 4.98 Å². The number of nitrogens with zero attached hydrogens (tertiary/aromatic N) is 4. The van der Waals surface area contributed by atoms with Crippen molar-refractivity contribution in [2.24, 2.45) is 0 Å². The smallest absolute Gasteiger partial charge is 0.252 e. The normalized spacial score (nSPS) is 15.6. The molecule has 2 aromatic rings. The standard InChI is InChI=1S/C16H20FN5O/c1-2-12(19-16(23)11-7-8-18-13(17)10-11)15-21-20-14-6-4-3-5-9-22(14)15/h7-8,10,12H,2-6,9H2,1H3,(H,19,23)/t12-/m0/s1. The number of pyridine rings is 1. The molecule has 0 aromatic carbocycles. The highest BCUT2D eigenvalue weighted by Gasteiger charge is 2.23. The molecule has 0 radical (unpaired) electrons. The van der Waals surface area contributed by atoms with E-state index in [2.05, 4.69) is 25.1 Å². The lowest BCUT2D eigenvalue weighted by Gasteiger charge is -2.18. The topological polar surface area (TPSA) is 72.7 Å². The number of fused-ring (bicyclic) bond motifs is 1. The fourth-order valence-electron chi connectivity index (χ4n) is 2.90. The molecule has 2 aromatic heterocycles. The minimum absolute atomic E-state index is 0.238. The molecular weight excluding hydrogens is 297 g/mol. The SMILES string of the molecule is CC[C@H](NC(=O)c1ccnc(F)c1)c1nnc2n1CCCCC2. The van der Waals surface area contributed by atoms with E-state index in [0.29, 0.717) is 6.42 Å². The summed E-state index contributed by atoms with van der Waals surface area (Å²) in [6.45, 7) is 2.87. The maximum atomic E-state index is 13.2. The lowest BCUT2D eigenvalue weighted by Crippen LogP contribution is -2.30. The molecule has 1 aliphatic heterocycles. The lowest BCUT2D eigenvalue weighted by molar-refractivity contribution is 0.0932. The first-order chi connectivity index (χ1) is 11.2. The Balaban J connectivity index is 1.80. The van der Waals surface area contributed by atoms with Crippen LogP contribution in [0.5, 0.6) is 0 Å². The van der Waals surface area contributed by atoms with Gasteiger partial charge in [-0.2, -0.15) is 4.39 Å². The molecule has 0 unspecified atom stereocenters. The molecule has 122 valence electrons. The van der Waals surface area contributed by atoms with Crippen molar-refractivity contribution < 1.29 is 9.18 Å². The van der Waals surface area contributed by atoms with E-state index in [1.165, 1.54) is 18.7 Å². The van der Waals surface area contributed by atoms with Crippen molar-refractivity contribution >= 4 is 5.91 Å². The van der Waals surface area contributed by atoms with Crippen molar-refractivity contribution in [1.29, 1.82) is 0 Å². The molecule has 0 saturated heterocycles. The van der Waals surface area contributed by atoms with E-state index >= 15 is 0 Å². The third-order valence-corrected chi connectivity index (χ3v) is 4.15. The van der Waals surface area contributed by atoms with Gasteiger partial charge in [-0.1, -0.05) is 13.3 Å². The fraction of sp³-hybridized carbons (Fsp3) is 0.500. The molecule has 3 heterocycles. The summed E-state index contributed by atoms with van der Waals surface area (Å²) in [6.07, 6.45) is 6.30. The maximum absolute atomic E-state index is 13.2. The molecule has 1 aliphatic rings. The van der Waals surface area contributed by atoms with Crippen molar-refractivity contribution in [3.63, 3.8) is 0 Å². The van der Waals surface area contributed by atoms with Gasteiger partial charge in [0.2, 0.25) is 5.95 Å². The van der Waals surface area contributed by atoms with Crippen LogP contribution in [0.15, 0.2) is 18.3 Å². The lowest BCUT2D eigenvalue weighted by atomic mass is 10.1. The predicted octanol–water partition coefficient (Wildman–Crippen LogP) is 2.42. The second kappa shape index (κ2) is 6.85. The minimum Gasteiger partial charge on any atom is -0.342 e. The first kappa shape index (κ1) is 15.6. The van der Waals surface area contributed by atoms with Crippen molar-refractivity contribution in [3.8, 4) is 0 Å². The Morgan fingerprint density at radius 3 is 3.04 bits per heavy atom. The van der Waals surface area contributed by atoms with Crippen molar-refractivity contribution in [3.05, 3.63) is 41.5 Å². The van der Waals surface area contributed by atoms with Gasteiger partial charge in [-0.3, -0.25) is 4.79 Å². The zero-order valence-electron chi connectivity index (χ0n) is 13.1. The number of aromatic nitrogens is 4. The van der Waals surface area contributed by atoms with Gasteiger partial charge in [-0.05, 0) is 25.3 Å². The van der Waals surface area contributed by atoms with Crippen LogP contribution in [-0.2, 0) is 13.0 Å². The number of halogens is 1. The van der Waals surface area contributed by atoms with Crippen LogP contribution in [0.4, 0.5) is 4.39 Å². The molecule has 0 aliphatic carbocycles. The maximum Gasteiger partial charge on any atom is 0.252 e. The van der Waals surface area contributed by atoms with Crippen molar-refractivity contribution in [1.82, 2.24) is 25.1 Å². The number of amides is 1. The van der Waals surface area contributed by atoms with E-state index in [9.17, 15) is 9.18 Å². The third-order valence-electron chi connectivity index (χ3n) is 4.15. The molecule has 1 atom stereocenters. The van der Waals surface area contributed by atoms with Crippen LogP contribution in [0.2, 0.25) is 0 Å². The number of carbonyl (C=O) groups excluding carboxylic acids is 1. The van der Waals surface area contributed by atoms with Gasteiger partial charge in [0.05, 0.1) is 6.04 Å². The summed E-state index contributed by atoms with van der Waals surface area (Å²) < 4.78 is 15.3. The van der Waals surface area contributed by atoms with Gasteiger partial charge in [-0.15, -0.1) is 10.2 Å². The zero-order valence-corrected chi connectivity index (χ0v) is 13.1. The summed E-state index contributed by atoms with van der Waals surface area (Å²) in [6, 6.07) is 2.39. The van der Waals surface area contributed by atoms with Crippen LogP contribution in [-0.4, -0.2) is 25.7 Å². The molecule has 0 bridgehead atoms. The van der Waals surface area contributed by atoms with Gasteiger partial charge < -0.3 is 9.88 Å². The molecule has 1 amide bonds. The highest BCUT2D eigenvalue weighted by Crippen LogP contribution is 2.21. The molecule has 0 fully saturated rings. The predicted molar refractivity (Wildman–Crippen MR) is 82.3 cm³/mol. The van der Waals surface area contributed by atoms with E-state index < -0.39 is 5.95 Å². The highest BCUT2D eigenvalue weighted by atomic mass is 19.1. The molecule has 6 nitrogen and oxygen atoms in total. The summed E-state index contributed by atoms with van der Waals surface area (Å²) in [4.78, 5) is 15.8. The summed E-state index contributed by atoms with van der Waals surface area (Å²) in [5, 5.41) is 11.5. The van der Waals surface area contributed by atoms with Crippen LogP contribution in [0.1, 0.15) is 60.7 Å². The molecule has 7 heteroatoms. The monoisotopic (exact) mass is 317 g/mol. The molecule has 3 rings (SSSR count). The Labute approximate surface area is 134 Å². The first-order valence-electron chi connectivity index (χ1n) is 8.03. The Kier molecular flexibility index (Phi) is 4.64. The Bertz CT molecular complexity index is 700. The first-order valence-corrected chi connectivity index (χ1v) is 8.03. The Morgan fingerprint density at radius 1 is 1.39 bits per heavy atom. The highest BCUT2D eigenvalue weighted by molar-refractivity contribution is 5.94. The van der Waals surface area contributed by atoms with E-state index in [1.807, 2.05) is 6.92 Å². The van der Waals surface area contributed by atoms with Gasteiger partial charge in [0.15, 0.2) is 5.82 Å². The van der Waals surface area contributed by atoms with E-state index in [0.717, 1.165) is 43.5 Å². The number of rotatable bonds is 4. The summed E-state index contributed by atoms with van der Waals surface area (Å²) in [5.41, 5.74) is 0.256. The Hall–Kier alpha value is -2.31. The van der Waals surface area contributed by atoms with Crippen molar-refractivity contribution in [2.45, 2.75) is 51.6 Å². The van der Waals surface area contributed by atoms with E-state index in [4.69, 9.17) is 0 Å². The zero-order chi connectivity index (χ0) is 16.2. The molecule has 1 N–H and O–H groups in total. The molecule has 23 heavy (non-hydrogen) atoms. The molecular formula is C16H20FN5O. The van der Waals surface area contributed by atoms with Crippen LogP contribution < -0.4 is 5.32 Å².